The number of aliphatic carboxylic acids is 1. The summed E-state index contributed by atoms with van der Waals surface area (Å²) in [5, 5.41) is 8.75. The van der Waals surface area contributed by atoms with E-state index in [-0.39, 0.29) is 18.9 Å². The van der Waals surface area contributed by atoms with E-state index in [1.807, 2.05) is 0 Å². The quantitative estimate of drug-likeness (QED) is 0.474. The van der Waals surface area contributed by atoms with Crippen molar-refractivity contribution in [2.24, 2.45) is 11.8 Å². The van der Waals surface area contributed by atoms with Crippen LogP contribution in [0.15, 0.2) is 0 Å². The molecule has 0 aromatic heterocycles. The molecule has 0 heterocycles. The van der Waals surface area contributed by atoms with Gasteiger partial charge in [0.2, 0.25) is 0 Å². The minimum Gasteiger partial charge on any atom is -0.481 e. The van der Waals surface area contributed by atoms with Crippen molar-refractivity contribution in [3.05, 3.63) is 0 Å². The third kappa shape index (κ3) is 6.91. The van der Waals surface area contributed by atoms with E-state index in [0.717, 1.165) is 0 Å². The van der Waals surface area contributed by atoms with Gasteiger partial charge in [0.1, 0.15) is 6.61 Å². The zero-order valence-corrected chi connectivity index (χ0v) is 10.5. The topological polar surface area (TPSA) is 82.1 Å². The molecule has 0 amide bonds. The van der Waals surface area contributed by atoms with Crippen LogP contribution in [0.25, 0.3) is 0 Å². The molecule has 0 saturated carbocycles. The lowest BCUT2D eigenvalue weighted by Gasteiger charge is -2.20. The van der Waals surface area contributed by atoms with E-state index in [1.165, 1.54) is 14.2 Å². The van der Waals surface area contributed by atoms with Crippen molar-refractivity contribution < 1.29 is 28.9 Å². The Morgan fingerprint density at radius 1 is 1.18 bits per heavy atom. The Hall–Kier alpha value is -1.14. The maximum atomic E-state index is 11.7. The molecule has 100 valence electrons. The van der Waals surface area contributed by atoms with E-state index in [0.29, 0.717) is 13.2 Å². The van der Waals surface area contributed by atoms with Crippen LogP contribution in [0.4, 0.5) is 0 Å². The molecule has 0 radical (unpaired) electrons. The Morgan fingerprint density at radius 3 is 2.29 bits per heavy atom. The first-order valence-corrected chi connectivity index (χ1v) is 5.39. The summed E-state index contributed by atoms with van der Waals surface area (Å²) in [5.41, 5.74) is 0. The van der Waals surface area contributed by atoms with E-state index >= 15 is 0 Å². The highest BCUT2D eigenvalue weighted by atomic mass is 16.6. The first-order valence-electron chi connectivity index (χ1n) is 5.39. The minimum atomic E-state index is -1.03. The second kappa shape index (κ2) is 8.95. The van der Waals surface area contributed by atoms with Crippen LogP contribution < -0.4 is 0 Å². The van der Waals surface area contributed by atoms with Gasteiger partial charge in [0.15, 0.2) is 0 Å². The SMILES string of the molecule is COCCOC(=O)C(CC(=O)O)C(C)COC. The zero-order valence-electron chi connectivity index (χ0n) is 10.5. The number of rotatable bonds is 9. The number of carboxylic acid groups (broad SMARTS) is 1. The Balaban J connectivity index is 4.33. The van der Waals surface area contributed by atoms with Gasteiger partial charge in [-0.3, -0.25) is 9.59 Å². The number of ether oxygens (including phenoxy) is 3. The molecule has 0 aliphatic rings. The second-order valence-corrected chi connectivity index (χ2v) is 3.80. The molecule has 0 spiro atoms. The molecule has 6 heteroatoms. The van der Waals surface area contributed by atoms with Crippen molar-refractivity contribution >= 4 is 11.9 Å². The summed E-state index contributed by atoms with van der Waals surface area (Å²) in [6.45, 7) is 2.50. The average molecular weight is 248 g/mol. The fraction of sp³-hybridized carbons (Fsp3) is 0.818. The first kappa shape index (κ1) is 15.9. The average Bonchev–Trinajstić information content (AvgIpc) is 2.26. The zero-order chi connectivity index (χ0) is 13.3. The van der Waals surface area contributed by atoms with Crippen LogP contribution >= 0.6 is 0 Å². The molecule has 0 bridgehead atoms. The van der Waals surface area contributed by atoms with Gasteiger partial charge in [0, 0.05) is 20.8 Å². The van der Waals surface area contributed by atoms with E-state index in [2.05, 4.69) is 0 Å². The van der Waals surface area contributed by atoms with Gasteiger partial charge in [0.05, 0.1) is 18.9 Å². The number of hydrogen-bond acceptors (Lipinski definition) is 5. The fourth-order valence-electron chi connectivity index (χ4n) is 1.42. The van der Waals surface area contributed by atoms with Gasteiger partial charge in [-0.2, -0.15) is 0 Å². The maximum Gasteiger partial charge on any atom is 0.309 e. The molecular weight excluding hydrogens is 228 g/mol. The molecule has 2 atom stereocenters. The van der Waals surface area contributed by atoms with Crippen molar-refractivity contribution in [3.63, 3.8) is 0 Å². The third-order valence-electron chi connectivity index (χ3n) is 2.35. The standard InChI is InChI=1S/C11H20O6/c1-8(7-16-3)9(6-10(12)13)11(14)17-5-4-15-2/h8-9H,4-7H2,1-3H3,(H,12,13). The smallest absolute Gasteiger partial charge is 0.309 e. The lowest BCUT2D eigenvalue weighted by atomic mass is 9.91. The summed E-state index contributed by atoms with van der Waals surface area (Å²) in [6, 6.07) is 0. The Bertz CT molecular complexity index is 240. The summed E-state index contributed by atoms with van der Waals surface area (Å²) in [6.07, 6.45) is -0.254. The van der Waals surface area contributed by atoms with Crippen LogP contribution in [0, 0.1) is 11.8 Å². The Labute approximate surface area is 101 Å². The van der Waals surface area contributed by atoms with Crippen LogP contribution in [0.1, 0.15) is 13.3 Å². The highest BCUT2D eigenvalue weighted by Crippen LogP contribution is 2.18. The van der Waals surface area contributed by atoms with Gasteiger partial charge in [-0.15, -0.1) is 0 Å². The summed E-state index contributed by atoms with van der Waals surface area (Å²) in [7, 11) is 3.00. The number of carboxylic acids is 1. The van der Waals surface area contributed by atoms with E-state index < -0.39 is 17.9 Å². The fourth-order valence-corrected chi connectivity index (χ4v) is 1.42. The van der Waals surface area contributed by atoms with Crippen LogP contribution in [-0.2, 0) is 23.8 Å². The summed E-state index contributed by atoms with van der Waals surface area (Å²) >= 11 is 0. The van der Waals surface area contributed by atoms with E-state index in [1.54, 1.807) is 6.92 Å². The van der Waals surface area contributed by atoms with Crippen molar-refractivity contribution in [1.82, 2.24) is 0 Å². The number of methoxy groups -OCH3 is 2. The maximum absolute atomic E-state index is 11.7. The van der Waals surface area contributed by atoms with Crippen molar-refractivity contribution in [1.29, 1.82) is 0 Å². The molecule has 0 rings (SSSR count). The predicted octanol–water partition coefficient (Wildman–Crippen LogP) is 0.549. The number of hydrogen-bond donors (Lipinski definition) is 1. The highest BCUT2D eigenvalue weighted by molar-refractivity contribution is 5.79. The lowest BCUT2D eigenvalue weighted by Crippen LogP contribution is -2.30. The van der Waals surface area contributed by atoms with Crippen molar-refractivity contribution in [2.75, 3.05) is 34.0 Å². The van der Waals surface area contributed by atoms with Gasteiger partial charge < -0.3 is 19.3 Å². The molecule has 1 N–H and O–H groups in total. The molecule has 2 unspecified atom stereocenters. The van der Waals surface area contributed by atoms with E-state index in [4.69, 9.17) is 19.3 Å². The second-order valence-electron chi connectivity index (χ2n) is 3.80. The van der Waals surface area contributed by atoms with Crippen LogP contribution in [0.2, 0.25) is 0 Å². The van der Waals surface area contributed by atoms with Gasteiger partial charge >= 0.3 is 11.9 Å². The third-order valence-corrected chi connectivity index (χ3v) is 2.35. The lowest BCUT2D eigenvalue weighted by molar-refractivity contribution is -0.156. The molecule has 0 aliphatic heterocycles. The summed E-state index contributed by atoms with van der Waals surface area (Å²) in [5.74, 6) is -2.44. The Kier molecular flexibility index (Phi) is 8.35. The van der Waals surface area contributed by atoms with Crippen LogP contribution in [0.5, 0.6) is 0 Å². The van der Waals surface area contributed by atoms with Gasteiger partial charge in [-0.1, -0.05) is 6.92 Å². The largest absolute Gasteiger partial charge is 0.481 e. The van der Waals surface area contributed by atoms with Crippen molar-refractivity contribution in [3.8, 4) is 0 Å². The molecule has 17 heavy (non-hydrogen) atoms. The molecule has 0 aromatic carbocycles. The molecular formula is C11H20O6. The molecule has 0 saturated heterocycles. The van der Waals surface area contributed by atoms with Gasteiger partial charge in [-0.05, 0) is 5.92 Å². The van der Waals surface area contributed by atoms with Crippen LogP contribution in [0.3, 0.4) is 0 Å². The summed E-state index contributed by atoms with van der Waals surface area (Å²) in [4.78, 5) is 22.4. The van der Waals surface area contributed by atoms with Crippen LogP contribution in [-0.4, -0.2) is 51.1 Å². The number of esters is 1. The monoisotopic (exact) mass is 248 g/mol. The normalized spacial score (nSPS) is 14.1. The van der Waals surface area contributed by atoms with E-state index in [9.17, 15) is 9.59 Å². The first-order chi connectivity index (χ1) is 8.02. The number of carbonyl (C=O) groups is 2. The minimum absolute atomic E-state index is 0.130. The molecule has 0 aromatic rings. The molecule has 0 aliphatic carbocycles. The van der Waals surface area contributed by atoms with Gasteiger partial charge in [0.25, 0.3) is 0 Å². The van der Waals surface area contributed by atoms with Gasteiger partial charge in [-0.25, -0.2) is 0 Å². The predicted molar refractivity (Wildman–Crippen MR) is 59.6 cm³/mol. The molecule has 6 nitrogen and oxygen atoms in total. The highest BCUT2D eigenvalue weighted by Gasteiger charge is 2.28. The summed E-state index contributed by atoms with van der Waals surface area (Å²) < 4.78 is 14.6. The molecule has 0 fully saturated rings. The number of carbonyl (C=O) groups excluding carboxylic acids is 1. The van der Waals surface area contributed by atoms with Crippen molar-refractivity contribution in [2.45, 2.75) is 13.3 Å². The Morgan fingerprint density at radius 2 is 1.82 bits per heavy atom.